The van der Waals surface area contributed by atoms with Crippen molar-refractivity contribution in [3.05, 3.63) is 246 Å². The van der Waals surface area contributed by atoms with Gasteiger partial charge in [-0.25, -0.2) is 15.0 Å². The molecule has 2 aliphatic carbocycles. The molecule has 4 heteroatoms. The molecule has 0 atom stereocenters. The minimum atomic E-state index is -0.695. The van der Waals surface area contributed by atoms with E-state index in [2.05, 4.69) is 208 Å². The summed E-state index contributed by atoms with van der Waals surface area (Å²) in [5.74, 6) is 3.62. The molecule has 0 saturated carbocycles. The van der Waals surface area contributed by atoms with Gasteiger partial charge in [0.2, 0.25) is 0 Å². The average molecular weight is 832 g/mol. The van der Waals surface area contributed by atoms with E-state index in [1.165, 1.54) is 44.5 Å². The fourth-order valence-corrected chi connectivity index (χ4v) is 11.1. The molecule has 0 saturated heterocycles. The largest absolute Gasteiger partial charge is 0.457 e. The van der Waals surface area contributed by atoms with Gasteiger partial charge in [0.1, 0.15) is 11.5 Å². The molecule has 2 heterocycles. The zero-order valence-electron chi connectivity index (χ0n) is 36.0. The number of ether oxygens (including phenoxy) is 1. The molecule has 1 aromatic heterocycles. The highest BCUT2D eigenvalue weighted by molar-refractivity contribution is 5.97. The van der Waals surface area contributed by atoms with Crippen molar-refractivity contribution in [1.82, 2.24) is 15.0 Å². The van der Waals surface area contributed by atoms with Crippen molar-refractivity contribution in [3.63, 3.8) is 0 Å². The zero-order chi connectivity index (χ0) is 43.3. The van der Waals surface area contributed by atoms with E-state index in [1.807, 2.05) is 18.2 Å². The van der Waals surface area contributed by atoms with E-state index in [4.69, 9.17) is 19.7 Å². The Balaban J connectivity index is 1.07. The lowest BCUT2D eigenvalue weighted by molar-refractivity contribution is 0.436. The predicted octanol–water partition coefficient (Wildman–Crippen LogP) is 15.0. The molecule has 65 heavy (non-hydrogen) atoms. The summed E-state index contributed by atoms with van der Waals surface area (Å²) in [5.41, 5.74) is 18.6. The van der Waals surface area contributed by atoms with Crippen molar-refractivity contribution in [2.75, 3.05) is 0 Å². The maximum atomic E-state index is 6.75. The van der Waals surface area contributed by atoms with Gasteiger partial charge in [-0.05, 0) is 85.0 Å². The Morgan fingerprint density at radius 1 is 0.308 bits per heavy atom. The highest BCUT2D eigenvalue weighted by Crippen LogP contribution is 2.64. The fraction of sp³-hybridized carbons (Fsp3) is 0.0656. The first kappa shape index (κ1) is 37.4. The first-order valence-electron chi connectivity index (χ1n) is 22.4. The molecular formula is C61H41N3O. The van der Waals surface area contributed by atoms with Gasteiger partial charge in [0.15, 0.2) is 17.5 Å². The summed E-state index contributed by atoms with van der Waals surface area (Å²) in [6.07, 6.45) is 0. The van der Waals surface area contributed by atoms with Crippen molar-refractivity contribution < 1.29 is 4.74 Å². The van der Waals surface area contributed by atoms with Gasteiger partial charge in [-0.3, -0.25) is 0 Å². The molecule has 0 N–H and O–H groups in total. The number of rotatable bonds is 5. The smallest absolute Gasteiger partial charge is 0.164 e. The predicted molar refractivity (Wildman–Crippen MR) is 262 cm³/mol. The lowest BCUT2D eigenvalue weighted by Crippen LogP contribution is -2.32. The number of hydrogen-bond donors (Lipinski definition) is 0. The average Bonchev–Trinajstić information content (AvgIpc) is 3.79. The van der Waals surface area contributed by atoms with Crippen LogP contribution in [0.1, 0.15) is 47.2 Å². The summed E-state index contributed by atoms with van der Waals surface area (Å²) in [4.78, 5) is 16.2. The van der Waals surface area contributed by atoms with Crippen molar-refractivity contribution in [3.8, 4) is 90.2 Å². The standard InChI is InChI=1S/C61H41N3O/c1-60(2)47-24-10-9-21-43(47)55-45(22-15-27-50(55)60)58-62-57(41-19-7-4-8-20-41)63-59(64-58)46-23-16-28-51-56(46)44-36-35-42(40-33-31-39(32-34-40)38-17-5-3-6-18-38)37-52(44)61(51)48-25-11-13-29-53(48)65-54-30-14-12-26-49(54)61/h3-37H,1-2H3. The maximum Gasteiger partial charge on any atom is 0.164 e. The Kier molecular flexibility index (Phi) is 8.13. The van der Waals surface area contributed by atoms with E-state index in [0.717, 1.165) is 61.6 Å². The monoisotopic (exact) mass is 831 g/mol. The number of fused-ring (bicyclic) bond motifs is 12. The van der Waals surface area contributed by atoms with Crippen LogP contribution in [-0.4, -0.2) is 15.0 Å². The highest BCUT2D eigenvalue weighted by Gasteiger charge is 2.52. The van der Waals surface area contributed by atoms with Crippen LogP contribution in [-0.2, 0) is 10.8 Å². The number of aromatic nitrogens is 3. The van der Waals surface area contributed by atoms with Gasteiger partial charge in [-0.2, -0.15) is 0 Å². The van der Waals surface area contributed by atoms with E-state index in [0.29, 0.717) is 17.5 Å². The molecule has 0 radical (unpaired) electrons. The second-order valence-electron chi connectivity index (χ2n) is 17.8. The molecule has 1 spiro atoms. The molecule has 10 aromatic rings. The second kappa shape index (κ2) is 14.2. The molecule has 9 aromatic carbocycles. The van der Waals surface area contributed by atoms with Crippen LogP contribution in [0.5, 0.6) is 11.5 Å². The van der Waals surface area contributed by atoms with Gasteiger partial charge in [0.25, 0.3) is 0 Å². The maximum absolute atomic E-state index is 6.75. The third-order valence-corrected chi connectivity index (χ3v) is 14.0. The third-order valence-electron chi connectivity index (χ3n) is 14.0. The van der Waals surface area contributed by atoms with Gasteiger partial charge < -0.3 is 4.74 Å². The van der Waals surface area contributed by atoms with Gasteiger partial charge in [-0.1, -0.05) is 208 Å². The SMILES string of the molecule is CC1(C)c2ccccc2-c2c(-c3nc(-c4ccccc4)nc(-c4cccc5c4-c4ccc(-c6ccc(-c7ccccc7)cc6)cc4C54c5ccccc5Oc5ccccc54)n3)cccc21. The lowest BCUT2D eigenvalue weighted by atomic mass is 9.66. The van der Waals surface area contributed by atoms with Crippen LogP contribution in [0.4, 0.5) is 0 Å². The van der Waals surface area contributed by atoms with Crippen LogP contribution in [0, 0.1) is 0 Å². The Bertz CT molecular complexity index is 3490. The van der Waals surface area contributed by atoms with Crippen LogP contribution in [0.25, 0.3) is 78.7 Å². The summed E-state index contributed by atoms with van der Waals surface area (Å²) in [5, 5.41) is 0. The van der Waals surface area contributed by atoms with Gasteiger partial charge in [-0.15, -0.1) is 0 Å². The Hall–Kier alpha value is -8.21. The zero-order valence-corrected chi connectivity index (χ0v) is 36.0. The molecule has 1 aliphatic heterocycles. The quantitative estimate of drug-likeness (QED) is 0.173. The number of hydrogen-bond acceptors (Lipinski definition) is 4. The van der Waals surface area contributed by atoms with E-state index < -0.39 is 5.41 Å². The summed E-state index contributed by atoms with van der Waals surface area (Å²) in [6, 6.07) is 75.9. The Labute approximate surface area is 378 Å². The van der Waals surface area contributed by atoms with Crippen LogP contribution in [0.3, 0.4) is 0 Å². The summed E-state index contributed by atoms with van der Waals surface area (Å²) < 4.78 is 6.75. The minimum absolute atomic E-state index is 0.169. The van der Waals surface area contributed by atoms with Crippen molar-refractivity contribution in [2.24, 2.45) is 0 Å². The van der Waals surface area contributed by atoms with Crippen LogP contribution >= 0.6 is 0 Å². The lowest BCUT2D eigenvalue weighted by Gasteiger charge is -2.39. The van der Waals surface area contributed by atoms with E-state index >= 15 is 0 Å². The fourth-order valence-electron chi connectivity index (χ4n) is 11.1. The normalized spacial score (nSPS) is 14.1. The summed E-state index contributed by atoms with van der Waals surface area (Å²) in [6.45, 7) is 4.63. The van der Waals surface area contributed by atoms with E-state index in [9.17, 15) is 0 Å². The minimum Gasteiger partial charge on any atom is -0.457 e. The van der Waals surface area contributed by atoms with Gasteiger partial charge >= 0.3 is 0 Å². The molecule has 3 aliphatic rings. The van der Waals surface area contributed by atoms with Crippen LogP contribution < -0.4 is 4.74 Å². The highest BCUT2D eigenvalue weighted by atomic mass is 16.5. The number of benzene rings is 9. The van der Waals surface area contributed by atoms with E-state index in [-0.39, 0.29) is 5.41 Å². The molecular weight excluding hydrogens is 791 g/mol. The Morgan fingerprint density at radius 3 is 1.38 bits per heavy atom. The summed E-state index contributed by atoms with van der Waals surface area (Å²) in [7, 11) is 0. The molecule has 0 unspecified atom stereocenters. The molecule has 0 amide bonds. The second-order valence-corrected chi connectivity index (χ2v) is 17.8. The van der Waals surface area contributed by atoms with Gasteiger partial charge in [0.05, 0.1) is 5.41 Å². The number of para-hydroxylation sites is 2. The van der Waals surface area contributed by atoms with Gasteiger partial charge in [0, 0.05) is 33.2 Å². The molecule has 0 bridgehead atoms. The Morgan fingerprint density at radius 2 is 0.738 bits per heavy atom. The molecule has 4 nitrogen and oxygen atoms in total. The molecule has 0 fully saturated rings. The molecule has 13 rings (SSSR count). The van der Waals surface area contributed by atoms with Crippen LogP contribution in [0.15, 0.2) is 212 Å². The van der Waals surface area contributed by atoms with Crippen molar-refractivity contribution >= 4 is 0 Å². The van der Waals surface area contributed by atoms with E-state index in [1.54, 1.807) is 0 Å². The van der Waals surface area contributed by atoms with Crippen molar-refractivity contribution in [2.45, 2.75) is 24.7 Å². The molecule has 306 valence electrons. The van der Waals surface area contributed by atoms with Crippen LogP contribution in [0.2, 0.25) is 0 Å². The first-order chi connectivity index (χ1) is 32.0. The topological polar surface area (TPSA) is 47.9 Å². The van der Waals surface area contributed by atoms with Crippen molar-refractivity contribution in [1.29, 1.82) is 0 Å². The summed E-state index contributed by atoms with van der Waals surface area (Å²) >= 11 is 0. The number of nitrogens with zero attached hydrogens (tertiary/aromatic N) is 3. The first-order valence-corrected chi connectivity index (χ1v) is 22.4. The third kappa shape index (κ3) is 5.47.